The molecular formula is C21H28N3O3+. The van der Waals surface area contributed by atoms with Crippen LogP contribution in [-0.4, -0.2) is 32.6 Å². The number of quaternary nitrogens is 1. The van der Waals surface area contributed by atoms with E-state index in [0.717, 1.165) is 32.9 Å². The molecule has 0 saturated carbocycles. The van der Waals surface area contributed by atoms with Crippen molar-refractivity contribution in [2.75, 3.05) is 26.0 Å². The fraction of sp³-hybridized carbons (Fsp3) is 0.333. The SMILES string of the molecule is COc1ccc(C)cc1C[NH+](C)CC(=O)NC(=O)Nc1ccc(C)cc1C. The molecule has 2 rings (SSSR count). The van der Waals surface area contributed by atoms with Crippen molar-refractivity contribution >= 4 is 17.6 Å². The number of likely N-dealkylation sites (N-methyl/N-ethyl adjacent to an activating group) is 1. The zero-order valence-corrected chi connectivity index (χ0v) is 16.6. The molecule has 1 unspecified atom stereocenters. The standard InChI is InChI=1S/C21H27N3O3/c1-14-6-8-18(16(3)10-14)22-21(26)23-20(25)13-24(4)12-17-11-15(2)7-9-19(17)27-5/h6-11H,12-13H2,1-5H3,(H2,22,23,25,26)/p+1. The summed E-state index contributed by atoms with van der Waals surface area (Å²) < 4.78 is 5.38. The summed E-state index contributed by atoms with van der Waals surface area (Å²) in [6.07, 6.45) is 0. The lowest BCUT2D eigenvalue weighted by Gasteiger charge is -2.16. The zero-order chi connectivity index (χ0) is 20.0. The lowest BCUT2D eigenvalue weighted by atomic mass is 10.1. The molecule has 144 valence electrons. The number of benzene rings is 2. The minimum Gasteiger partial charge on any atom is -0.496 e. The van der Waals surface area contributed by atoms with Crippen LogP contribution in [0.3, 0.4) is 0 Å². The quantitative estimate of drug-likeness (QED) is 0.728. The number of carbonyl (C=O) groups excluding carboxylic acids is 2. The smallest absolute Gasteiger partial charge is 0.326 e. The summed E-state index contributed by atoms with van der Waals surface area (Å²) in [5.74, 6) is 0.467. The van der Waals surface area contributed by atoms with E-state index in [1.54, 1.807) is 7.11 Å². The van der Waals surface area contributed by atoms with Gasteiger partial charge in [-0.25, -0.2) is 4.79 Å². The van der Waals surface area contributed by atoms with Crippen molar-refractivity contribution in [3.05, 3.63) is 58.7 Å². The van der Waals surface area contributed by atoms with Gasteiger partial charge in [0.1, 0.15) is 12.3 Å². The van der Waals surface area contributed by atoms with Crippen LogP contribution in [-0.2, 0) is 11.3 Å². The number of hydrogen-bond acceptors (Lipinski definition) is 3. The van der Waals surface area contributed by atoms with Crippen LogP contribution in [0.15, 0.2) is 36.4 Å². The van der Waals surface area contributed by atoms with Gasteiger partial charge in [0.15, 0.2) is 6.54 Å². The van der Waals surface area contributed by atoms with Crippen molar-refractivity contribution < 1.29 is 19.2 Å². The average molecular weight is 370 g/mol. The molecule has 2 aromatic carbocycles. The molecule has 3 amide bonds. The van der Waals surface area contributed by atoms with Crippen molar-refractivity contribution in [2.45, 2.75) is 27.3 Å². The van der Waals surface area contributed by atoms with Crippen molar-refractivity contribution in [3.8, 4) is 5.75 Å². The van der Waals surface area contributed by atoms with Crippen LogP contribution in [0.5, 0.6) is 5.75 Å². The second kappa shape index (κ2) is 9.19. The molecule has 0 heterocycles. The number of rotatable bonds is 6. The second-order valence-electron chi connectivity index (χ2n) is 6.95. The van der Waals surface area contributed by atoms with Gasteiger partial charge in [-0.05, 0) is 44.5 Å². The molecule has 0 bridgehead atoms. The summed E-state index contributed by atoms with van der Waals surface area (Å²) >= 11 is 0. The maximum absolute atomic E-state index is 12.2. The fourth-order valence-corrected chi connectivity index (χ4v) is 2.99. The molecule has 0 radical (unpaired) electrons. The predicted octanol–water partition coefficient (Wildman–Crippen LogP) is 1.98. The minimum absolute atomic E-state index is 0.178. The normalized spacial score (nSPS) is 11.6. The zero-order valence-electron chi connectivity index (χ0n) is 16.6. The molecule has 0 aliphatic carbocycles. The maximum Gasteiger partial charge on any atom is 0.326 e. The van der Waals surface area contributed by atoms with E-state index in [0.29, 0.717) is 12.2 Å². The van der Waals surface area contributed by atoms with E-state index >= 15 is 0 Å². The summed E-state index contributed by atoms with van der Waals surface area (Å²) in [6.45, 7) is 6.72. The van der Waals surface area contributed by atoms with Gasteiger partial charge >= 0.3 is 6.03 Å². The van der Waals surface area contributed by atoms with Gasteiger partial charge in [0.05, 0.1) is 14.2 Å². The third-order valence-corrected chi connectivity index (χ3v) is 4.27. The Kier molecular flexibility index (Phi) is 6.96. The number of urea groups is 1. The van der Waals surface area contributed by atoms with Gasteiger partial charge in [0, 0.05) is 11.3 Å². The molecule has 0 aliphatic rings. The molecule has 6 nitrogen and oxygen atoms in total. The van der Waals surface area contributed by atoms with Crippen LogP contribution in [0.2, 0.25) is 0 Å². The topological polar surface area (TPSA) is 71.9 Å². The molecule has 0 aliphatic heterocycles. The molecule has 0 aromatic heterocycles. The Morgan fingerprint density at radius 2 is 1.70 bits per heavy atom. The van der Waals surface area contributed by atoms with Crippen molar-refractivity contribution in [3.63, 3.8) is 0 Å². The Morgan fingerprint density at radius 3 is 2.37 bits per heavy atom. The van der Waals surface area contributed by atoms with Crippen LogP contribution >= 0.6 is 0 Å². The third kappa shape index (κ3) is 6.11. The number of anilines is 1. The number of imide groups is 1. The monoisotopic (exact) mass is 370 g/mol. The Balaban J connectivity index is 1.89. The van der Waals surface area contributed by atoms with Crippen LogP contribution in [0.25, 0.3) is 0 Å². The number of methoxy groups -OCH3 is 1. The lowest BCUT2D eigenvalue weighted by molar-refractivity contribution is -0.885. The summed E-state index contributed by atoms with van der Waals surface area (Å²) in [7, 11) is 3.54. The Hall–Kier alpha value is -2.86. The molecule has 0 spiro atoms. The number of ether oxygens (including phenoxy) is 1. The van der Waals surface area contributed by atoms with E-state index < -0.39 is 6.03 Å². The average Bonchev–Trinajstić information content (AvgIpc) is 2.57. The molecule has 2 aromatic rings. The van der Waals surface area contributed by atoms with Crippen molar-refractivity contribution in [2.24, 2.45) is 0 Å². The first-order chi connectivity index (χ1) is 12.8. The van der Waals surface area contributed by atoms with Crippen LogP contribution in [0.1, 0.15) is 22.3 Å². The summed E-state index contributed by atoms with van der Waals surface area (Å²) in [4.78, 5) is 25.2. The molecule has 27 heavy (non-hydrogen) atoms. The largest absolute Gasteiger partial charge is 0.496 e. The van der Waals surface area contributed by atoms with Gasteiger partial charge in [-0.15, -0.1) is 0 Å². The minimum atomic E-state index is -0.520. The van der Waals surface area contributed by atoms with E-state index in [1.165, 1.54) is 0 Å². The number of nitrogens with one attached hydrogen (secondary N) is 3. The van der Waals surface area contributed by atoms with E-state index in [-0.39, 0.29) is 12.5 Å². The summed E-state index contributed by atoms with van der Waals surface area (Å²) in [6, 6.07) is 11.2. The fourth-order valence-electron chi connectivity index (χ4n) is 2.99. The number of hydrogen-bond donors (Lipinski definition) is 3. The van der Waals surface area contributed by atoms with E-state index in [4.69, 9.17) is 4.74 Å². The first-order valence-electron chi connectivity index (χ1n) is 8.91. The Bertz CT molecular complexity index is 833. The van der Waals surface area contributed by atoms with Gasteiger partial charge in [0.25, 0.3) is 5.91 Å². The summed E-state index contributed by atoms with van der Waals surface area (Å²) in [5.41, 5.74) is 4.92. The van der Waals surface area contributed by atoms with Gasteiger partial charge in [-0.3, -0.25) is 10.1 Å². The first-order valence-corrected chi connectivity index (χ1v) is 8.91. The van der Waals surface area contributed by atoms with Gasteiger partial charge < -0.3 is 15.0 Å². The number of amides is 3. The highest BCUT2D eigenvalue weighted by atomic mass is 16.5. The predicted molar refractivity (Wildman–Crippen MR) is 106 cm³/mol. The van der Waals surface area contributed by atoms with Crippen molar-refractivity contribution in [1.29, 1.82) is 0 Å². The maximum atomic E-state index is 12.2. The molecule has 6 heteroatoms. The lowest BCUT2D eigenvalue weighted by Crippen LogP contribution is -3.09. The molecule has 0 saturated heterocycles. The van der Waals surface area contributed by atoms with Crippen LogP contribution in [0, 0.1) is 20.8 Å². The molecule has 1 atom stereocenters. The van der Waals surface area contributed by atoms with Gasteiger partial charge in [-0.1, -0.05) is 29.3 Å². The van der Waals surface area contributed by atoms with Crippen LogP contribution in [0.4, 0.5) is 10.5 Å². The highest BCUT2D eigenvalue weighted by Crippen LogP contribution is 2.18. The molecular weight excluding hydrogens is 342 g/mol. The first kappa shape index (κ1) is 20.5. The van der Waals surface area contributed by atoms with Crippen molar-refractivity contribution in [1.82, 2.24) is 5.32 Å². The Morgan fingerprint density at radius 1 is 1.04 bits per heavy atom. The highest BCUT2D eigenvalue weighted by Gasteiger charge is 2.16. The van der Waals surface area contributed by atoms with Crippen LogP contribution < -0.4 is 20.3 Å². The third-order valence-electron chi connectivity index (χ3n) is 4.27. The van der Waals surface area contributed by atoms with E-state index in [1.807, 2.05) is 64.2 Å². The second-order valence-corrected chi connectivity index (χ2v) is 6.95. The molecule has 3 N–H and O–H groups in total. The van der Waals surface area contributed by atoms with Gasteiger partial charge in [-0.2, -0.15) is 0 Å². The van der Waals surface area contributed by atoms with E-state index in [9.17, 15) is 9.59 Å². The summed E-state index contributed by atoms with van der Waals surface area (Å²) in [5, 5.41) is 5.10. The number of aryl methyl sites for hydroxylation is 3. The Labute approximate surface area is 160 Å². The molecule has 0 fully saturated rings. The van der Waals surface area contributed by atoms with E-state index in [2.05, 4.69) is 10.6 Å². The number of carbonyl (C=O) groups is 2. The highest BCUT2D eigenvalue weighted by molar-refractivity contribution is 6.01. The van der Waals surface area contributed by atoms with Gasteiger partial charge in [0.2, 0.25) is 0 Å².